The van der Waals surface area contributed by atoms with Gasteiger partial charge in [-0.2, -0.15) is 0 Å². The van der Waals surface area contributed by atoms with Gasteiger partial charge in [0.2, 0.25) is 5.91 Å². The molecule has 0 aromatic heterocycles. The van der Waals surface area contributed by atoms with E-state index in [1.807, 2.05) is 0 Å². The molecule has 3 nitrogen and oxygen atoms in total. The molecule has 1 saturated heterocycles. The highest BCUT2D eigenvalue weighted by atomic mass is 16.1. The van der Waals surface area contributed by atoms with Crippen LogP contribution in [0.15, 0.2) is 0 Å². The molecule has 1 heterocycles. The average Bonchev–Trinajstić information content (AvgIpc) is 2.59. The van der Waals surface area contributed by atoms with E-state index in [0.717, 1.165) is 25.9 Å². The van der Waals surface area contributed by atoms with Crippen LogP contribution < -0.4 is 10.6 Å². The van der Waals surface area contributed by atoms with E-state index < -0.39 is 0 Å². The summed E-state index contributed by atoms with van der Waals surface area (Å²) in [6.45, 7) is 4.56. The molecule has 0 bridgehead atoms. The minimum atomic E-state index is 0.140. The van der Waals surface area contributed by atoms with E-state index >= 15 is 0 Å². The van der Waals surface area contributed by atoms with E-state index in [0.29, 0.717) is 12.5 Å². The van der Waals surface area contributed by atoms with Gasteiger partial charge in [0.1, 0.15) is 0 Å². The lowest BCUT2D eigenvalue weighted by Gasteiger charge is -2.13. The molecular weight excluding hydrogens is 176 g/mol. The summed E-state index contributed by atoms with van der Waals surface area (Å²) in [5.74, 6) is 3.31. The Morgan fingerprint density at radius 2 is 2.43 bits per heavy atom. The van der Waals surface area contributed by atoms with Crippen LogP contribution in [0.2, 0.25) is 0 Å². The number of carbonyl (C=O) groups excluding carboxylic acids is 1. The summed E-state index contributed by atoms with van der Waals surface area (Å²) in [6, 6.07) is 0. The van der Waals surface area contributed by atoms with Gasteiger partial charge in [0, 0.05) is 19.5 Å². The van der Waals surface area contributed by atoms with Crippen LogP contribution in [0.25, 0.3) is 0 Å². The second kappa shape index (κ2) is 5.66. The van der Waals surface area contributed by atoms with E-state index in [9.17, 15) is 4.79 Å². The van der Waals surface area contributed by atoms with E-state index in [4.69, 9.17) is 6.42 Å². The Morgan fingerprint density at radius 3 is 3.00 bits per heavy atom. The number of rotatable bonds is 4. The molecule has 0 spiro atoms. The van der Waals surface area contributed by atoms with E-state index in [1.165, 1.54) is 0 Å². The molecule has 0 aromatic carbocycles. The number of carbonyl (C=O) groups is 1. The molecule has 1 aliphatic rings. The summed E-state index contributed by atoms with van der Waals surface area (Å²) in [7, 11) is 0. The lowest BCUT2D eigenvalue weighted by molar-refractivity contribution is -0.125. The summed E-state index contributed by atoms with van der Waals surface area (Å²) >= 11 is 0. The monoisotopic (exact) mass is 194 g/mol. The van der Waals surface area contributed by atoms with Crippen molar-refractivity contribution in [2.45, 2.75) is 19.8 Å². The number of amides is 1. The summed E-state index contributed by atoms with van der Waals surface area (Å²) < 4.78 is 0. The maximum Gasteiger partial charge on any atom is 0.224 e. The first-order valence-electron chi connectivity index (χ1n) is 5.17. The van der Waals surface area contributed by atoms with Gasteiger partial charge < -0.3 is 10.6 Å². The van der Waals surface area contributed by atoms with Crippen molar-refractivity contribution in [2.75, 3.05) is 19.6 Å². The zero-order valence-corrected chi connectivity index (χ0v) is 8.68. The lowest BCUT2D eigenvalue weighted by Crippen LogP contribution is -2.34. The fourth-order valence-electron chi connectivity index (χ4n) is 1.69. The van der Waals surface area contributed by atoms with Crippen molar-refractivity contribution >= 4 is 5.91 Å². The molecule has 0 saturated carbocycles. The molecule has 14 heavy (non-hydrogen) atoms. The highest BCUT2D eigenvalue weighted by Crippen LogP contribution is 2.15. The van der Waals surface area contributed by atoms with Crippen LogP contribution in [-0.2, 0) is 4.79 Å². The molecule has 78 valence electrons. The molecule has 2 atom stereocenters. The van der Waals surface area contributed by atoms with Gasteiger partial charge in [-0.1, -0.05) is 6.92 Å². The Hall–Kier alpha value is -1.01. The maximum atomic E-state index is 11.6. The Kier molecular flexibility index (Phi) is 4.48. The van der Waals surface area contributed by atoms with Crippen molar-refractivity contribution in [3.05, 3.63) is 0 Å². The predicted octanol–water partition coefficient (Wildman–Crippen LogP) is 0.371. The van der Waals surface area contributed by atoms with Crippen LogP contribution in [0.5, 0.6) is 0 Å². The van der Waals surface area contributed by atoms with Gasteiger partial charge in [-0.25, -0.2) is 0 Å². The molecule has 2 N–H and O–H groups in total. The average molecular weight is 194 g/mol. The van der Waals surface area contributed by atoms with Gasteiger partial charge in [-0.05, 0) is 18.9 Å². The van der Waals surface area contributed by atoms with Crippen LogP contribution in [0.4, 0.5) is 0 Å². The number of terminal acetylenes is 1. The van der Waals surface area contributed by atoms with Crippen molar-refractivity contribution in [1.29, 1.82) is 0 Å². The van der Waals surface area contributed by atoms with Crippen LogP contribution >= 0.6 is 0 Å². The lowest BCUT2D eigenvalue weighted by atomic mass is 9.97. The molecule has 0 aromatic rings. The zero-order chi connectivity index (χ0) is 10.4. The molecule has 1 amide bonds. The molecule has 0 aliphatic carbocycles. The molecule has 0 radical (unpaired) electrons. The Labute approximate surface area is 85.6 Å². The number of unbranched alkanes of at least 4 members (excludes halogenated alkanes) is 1. The number of hydrogen-bond donors (Lipinski definition) is 2. The highest BCUT2D eigenvalue weighted by Gasteiger charge is 2.28. The summed E-state index contributed by atoms with van der Waals surface area (Å²) in [5, 5.41) is 6.13. The predicted molar refractivity (Wildman–Crippen MR) is 56.6 cm³/mol. The normalized spacial score (nSPS) is 25.7. The molecule has 3 heteroatoms. The smallest absolute Gasteiger partial charge is 0.224 e. The summed E-state index contributed by atoms with van der Waals surface area (Å²) in [4.78, 5) is 11.6. The molecule has 1 fully saturated rings. The van der Waals surface area contributed by atoms with Gasteiger partial charge in [0.05, 0.1) is 5.92 Å². The minimum absolute atomic E-state index is 0.140. The van der Waals surface area contributed by atoms with Crippen molar-refractivity contribution in [3.8, 4) is 12.3 Å². The van der Waals surface area contributed by atoms with Crippen LogP contribution in [0, 0.1) is 24.2 Å². The number of hydrogen-bond acceptors (Lipinski definition) is 2. The van der Waals surface area contributed by atoms with Gasteiger partial charge in [0.15, 0.2) is 0 Å². The van der Waals surface area contributed by atoms with Gasteiger partial charge in [0.25, 0.3) is 0 Å². The quantitative estimate of drug-likeness (QED) is 0.501. The van der Waals surface area contributed by atoms with E-state index in [1.54, 1.807) is 0 Å². The molecular formula is C11H18N2O. The first-order valence-corrected chi connectivity index (χ1v) is 5.17. The minimum Gasteiger partial charge on any atom is -0.356 e. The zero-order valence-electron chi connectivity index (χ0n) is 8.68. The second-order valence-electron chi connectivity index (χ2n) is 3.84. The van der Waals surface area contributed by atoms with Crippen molar-refractivity contribution in [1.82, 2.24) is 10.6 Å². The fraction of sp³-hybridized carbons (Fsp3) is 0.727. The molecule has 1 rings (SSSR count). The fourth-order valence-corrected chi connectivity index (χ4v) is 1.69. The third-order valence-electron chi connectivity index (χ3n) is 2.65. The highest BCUT2D eigenvalue weighted by molar-refractivity contribution is 5.79. The van der Waals surface area contributed by atoms with Crippen molar-refractivity contribution in [3.63, 3.8) is 0 Å². The first kappa shape index (κ1) is 11.1. The number of nitrogens with one attached hydrogen (secondary N) is 2. The Morgan fingerprint density at radius 1 is 1.64 bits per heavy atom. The van der Waals surface area contributed by atoms with Crippen LogP contribution in [0.1, 0.15) is 19.8 Å². The van der Waals surface area contributed by atoms with Gasteiger partial charge in [-0.3, -0.25) is 4.79 Å². The van der Waals surface area contributed by atoms with Crippen molar-refractivity contribution in [2.24, 2.45) is 11.8 Å². The van der Waals surface area contributed by atoms with Gasteiger partial charge >= 0.3 is 0 Å². The maximum absolute atomic E-state index is 11.6. The Balaban J connectivity index is 2.18. The SMILES string of the molecule is C#CCCCNC(=O)[C@@H]1CNC[C@H]1C. The third kappa shape index (κ3) is 3.04. The largest absolute Gasteiger partial charge is 0.356 e. The van der Waals surface area contributed by atoms with E-state index in [-0.39, 0.29) is 11.8 Å². The standard InChI is InChI=1S/C11H18N2O/c1-3-4-5-6-13-11(14)10-8-12-7-9(10)2/h1,9-10,12H,4-8H2,2H3,(H,13,14)/t9-,10-/m1/s1. The molecule has 0 unspecified atom stereocenters. The van der Waals surface area contributed by atoms with Crippen LogP contribution in [0.3, 0.4) is 0 Å². The van der Waals surface area contributed by atoms with Gasteiger partial charge in [-0.15, -0.1) is 12.3 Å². The summed E-state index contributed by atoms with van der Waals surface area (Å²) in [6.07, 6.45) is 6.72. The summed E-state index contributed by atoms with van der Waals surface area (Å²) in [5.41, 5.74) is 0. The second-order valence-corrected chi connectivity index (χ2v) is 3.84. The van der Waals surface area contributed by atoms with E-state index in [2.05, 4.69) is 23.5 Å². The topological polar surface area (TPSA) is 41.1 Å². The van der Waals surface area contributed by atoms with Crippen molar-refractivity contribution < 1.29 is 4.79 Å². The molecule has 1 aliphatic heterocycles. The van der Waals surface area contributed by atoms with Crippen LogP contribution in [-0.4, -0.2) is 25.5 Å². The first-order chi connectivity index (χ1) is 6.75. The third-order valence-corrected chi connectivity index (χ3v) is 2.65. The Bertz CT molecular complexity index is 232.